The molecule has 0 nitrogen and oxygen atoms in total. The number of rotatable bonds is 52. The molecule has 57 heavy (non-hydrogen) atoms. The predicted molar refractivity (Wildman–Crippen MR) is 272 cm³/mol. The van der Waals surface area contributed by atoms with Crippen LogP contribution in [0.3, 0.4) is 0 Å². The van der Waals surface area contributed by atoms with Gasteiger partial charge >= 0.3 is 309 Å². The van der Waals surface area contributed by atoms with E-state index >= 15 is 0 Å². The minimum absolute atomic E-state index is 1.18. The van der Waals surface area contributed by atoms with Crippen molar-refractivity contribution < 1.29 is 0 Å². The Labute approximate surface area is 366 Å². The summed E-state index contributed by atoms with van der Waals surface area (Å²) in [5.74, 6) is 0. The first-order valence-electron chi connectivity index (χ1n) is 28.2. The van der Waals surface area contributed by atoms with E-state index in [2.05, 4.69) is 27.7 Å². The van der Waals surface area contributed by atoms with Crippen molar-refractivity contribution in [2.75, 3.05) is 24.6 Å². The molecule has 0 bridgehead atoms. The van der Waals surface area contributed by atoms with Crippen LogP contribution >= 0.6 is 7.26 Å². The third kappa shape index (κ3) is 45.8. The molecule has 0 spiro atoms. The minimum atomic E-state index is -1.18. The van der Waals surface area contributed by atoms with Crippen molar-refractivity contribution in [2.45, 2.75) is 336 Å². The number of hydrogen-bond acceptors (Lipinski definition) is 0. The summed E-state index contributed by atoms with van der Waals surface area (Å²) in [4.78, 5) is 0. The fourth-order valence-corrected chi connectivity index (χ4v) is 15.6. The fraction of sp³-hybridized carbons (Fsp3) is 1.00. The maximum atomic E-state index is 2.35. The molecule has 0 amide bonds. The van der Waals surface area contributed by atoms with Crippen molar-refractivity contribution >= 4 is 7.26 Å². The van der Waals surface area contributed by atoms with Gasteiger partial charge in [-0.2, -0.15) is 0 Å². The van der Waals surface area contributed by atoms with Crippen LogP contribution < -0.4 is 0 Å². The van der Waals surface area contributed by atoms with Gasteiger partial charge in [0.05, 0.1) is 0 Å². The van der Waals surface area contributed by atoms with Gasteiger partial charge in [-0.3, -0.25) is 0 Å². The Balaban J connectivity index is 4.86. The molecule has 0 aliphatic carbocycles. The Morgan fingerprint density at radius 2 is 0.246 bits per heavy atom. The molecule has 0 aliphatic heterocycles. The molecular formula is C56H117P. The average Bonchev–Trinajstić information content (AvgIpc) is 3.22. The first-order chi connectivity index (χ1) is 28.2. The van der Waals surface area contributed by atoms with E-state index in [-0.39, 0.29) is 0 Å². The molecule has 0 unspecified atom stereocenters. The molecule has 0 aromatic rings. The van der Waals surface area contributed by atoms with Gasteiger partial charge in [0.1, 0.15) is 0 Å². The molecule has 0 saturated heterocycles. The molecule has 0 atom stereocenters. The van der Waals surface area contributed by atoms with Gasteiger partial charge in [-0.1, -0.05) is 59.3 Å². The van der Waals surface area contributed by atoms with E-state index in [0.717, 1.165) is 0 Å². The summed E-state index contributed by atoms with van der Waals surface area (Å²) >= 11 is 0. The summed E-state index contributed by atoms with van der Waals surface area (Å²) in [6, 6.07) is 0. The molecule has 0 radical (unpaired) electrons. The van der Waals surface area contributed by atoms with Gasteiger partial charge in [0, 0.05) is 0 Å². The van der Waals surface area contributed by atoms with Gasteiger partial charge in [0.15, 0.2) is 0 Å². The van der Waals surface area contributed by atoms with E-state index in [4.69, 9.17) is 0 Å². The van der Waals surface area contributed by atoms with E-state index in [9.17, 15) is 0 Å². The molecule has 0 aliphatic rings. The molecule has 0 aromatic heterocycles. The van der Waals surface area contributed by atoms with Crippen molar-refractivity contribution in [3.05, 3.63) is 0 Å². The maximum absolute atomic E-state index is 2.35. The van der Waals surface area contributed by atoms with Crippen molar-refractivity contribution in [2.24, 2.45) is 0 Å². The van der Waals surface area contributed by atoms with Crippen LogP contribution in [0.2, 0.25) is 0 Å². The molecule has 346 valence electrons. The topological polar surface area (TPSA) is 0 Å². The second-order valence-corrected chi connectivity index (χ2v) is 25.1. The number of unbranched alkanes of at least 4 members (excludes halogenated alkanes) is 44. The summed E-state index contributed by atoms with van der Waals surface area (Å²) in [7, 11) is -1.18. The fourth-order valence-electron chi connectivity index (χ4n) is 10.1. The Kier molecular flexibility index (Phi) is 51.2. The third-order valence-corrected chi connectivity index (χ3v) is 19.9. The second kappa shape index (κ2) is 50.8. The zero-order valence-corrected chi connectivity index (χ0v) is 42.3. The third-order valence-electron chi connectivity index (χ3n) is 14.2. The first kappa shape index (κ1) is 57.4. The Morgan fingerprint density at radius 1 is 0.140 bits per heavy atom. The number of hydrogen-bond donors (Lipinski definition) is 0. The van der Waals surface area contributed by atoms with Crippen molar-refractivity contribution in [1.29, 1.82) is 0 Å². The standard InChI is InChI=1S/C56H117P/c1-5-9-13-17-21-25-28-31-34-38-42-46-50-54-57(53-49-45-41-37-24-20-16-12-8-4,55-51-47-43-39-35-32-29-26-22-18-14-10-6-2)56-52-48-44-40-36-33-30-27-23-19-15-11-7-3/h57H,5-56H2,1-4H3. The SMILES string of the molecule is CCCCCCCCCCCCCCC[PH](CCCCCCCCCCC)(CCCCCCCCCCCCCCC)CCCCCCCCCCCCCCC. The monoisotopic (exact) mass is 821 g/mol. The van der Waals surface area contributed by atoms with Crippen LogP contribution in [0.5, 0.6) is 0 Å². The average molecular weight is 822 g/mol. The summed E-state index contributed by atoms with van der Waals surface area (Å²) in [5.41, 5.74) is 0. The van der Waals surface area contributed by atoms with E-state index in [0.29, 0.717) is 0 Å². The van der Waals surface area contributed by atoms with Crippen LogP contribution in [0.25, 0.3) is 0 Å². The van der Waals surface area contributed by atoms with Crippen molar-refractivity contribution in [3.8, 4) is 0 Å². The van der Waals surface area contributed by atoms with E-state index in [1.165, 1.54) is 257 Å². The van der Waals surface area contributed by atoms with Crippen LogP contribution in [-0.2, 0) is 0 Å². The Morgan fingerprint density at radius 3 is 0.368 bits per heavy atom. The quantitative estimate of drug-likeness (QED) is 0.0424. The van der Waals surface area contributed by atoms with Gasteiger partial charge in [0.2, 0.25) is 0 Å². The summed E-state index contributed by atoms with van der Waals surface area (Å²) < 4.78 is 0. The Bertz CT molecular complexity index is 611. The first-order valence-corrected chi connectivity index (χ1v) is 31.1. The van der Waals surface area contributed by atoms with E-state index < -0.39 is 7.26 Å². The van der Waals surface area contributed by atoms with Crippen LogP contribution in [0.4, 0.5) is 0 Å². The van der Waals surface area contributed by atoms with E-state index in [1.54, 1.807) is 76.0 Å². The van der Waals surface area contributed by atoms with Crippen LogP contribution in [-0.4, -0.2) is 24.6 Å². The normalized spacial score (nSPS) is 12.3. The molecular weight excluding hydrogens is 704 g/mol. The van der Waals surface area contributed by atoms with Gasteiger partial charge in [-0.25, -0.2) is 0 Å². The molecule has 0 fully saturated rings. The van der Waals surface area contributed by atoms with Gasteiger partial charge in [-0.15, -0.1) is 0 Å². The summed E-state index contributed by atoms with van der Waals surface area (Å²) in [6.07, 6.45) is 78.5. The molecule has 0 aromatic carbocycles. The van der Waals surface area contributed by atoms with Crippen molar-refractivity contribution in [3.63, 3.8) is 0 Å². The smallest absolute Gasteiger partial charge is 0.0654 e. The minimum Gasteiger partial charge on any atom is -0.0654 e. The molecule has 0 N–H and O–H groups in total. The van der Waals surface area contributed by atoms with Crippen molar-refractivity contribution in [1.82, 2.24) is 0 Å². The van der Waals surface area contributed by atoms with Gasteiger partial charge < -0.3 is 0 Å². The molecule has 1 heteroatoms. The Hall–Kier alpha value is 0.430. The zero-order valence-electron chi connectivity index (χ0n) is 41.3. The second-order valence-electron chi connectivity index (χ2n) is 20.1. The summed E-state index contributed by atoms with van der Waals surface area (Å²) in [5, 5.41) is 0. The molecule has 0 rings (SSSR count). The van der Waals surface area contributed by atoms with Crippen LogP contribution in [0.1, 0.15) is 336 Å². The van der Waals surface area contributed by atoms with Gasteiger partial charge in [-0.05, 0) is 0 Å². The summed E-state index contributed by atoms with van der Waals surface area (Å²) in [6.45, 7) is 9.36. The van der Waals surface area contributed by atoms with Crippen LogP contribution in [0, 0.1) is 0 Å². The van der Waals surface area contributed by atoms with E-state index in [1.807, 2.05) is 0 Å². The van der Waals surface area contributed by atoms with Crippen LogP contribution in [0.15, 0.2) is 0 Å². The zero-order chi connectivity index (χ0) is 41.3. The van der Waals surface area contributed by atoms with Gasteiger partial charge in [0.25, 0.3) is 0 Å². The molecule has 0 heterocycles. The predicted octanol–water partition coefficient (Wildman–Crippen LogP) is 21.5. The molecule has 0 saturated carbocycles.